The number of rotatable bonds is 3. The second kappa shape index (κ2) is 7.84. The molecule has 0 aromatic carbocycles. The lowest BCUT2D eigenvalue weighted by atomic mass is 10.2. The molecule has 1 saturated carbocycles. The first-order chi connectivity index (χ1) is 12.1. The average Bonchev–Trinajstić information content (AvgIpc) is 3.21. The first kappa shape index (κ1) is 17.7. The molecule has 138 valence electrons. The topological polar surface area (TPSA) is 91.6 Å². The van der Waals surface area contributed by atoms with Crippen molar-refractivity contribution in [3.63, 3.8) is 0 Å². The minimum atomic E-state index is -0.384. The van der Waals surface area contributed by atoms with E-state index in [0.29, 0.717) is 37.8 Å². The molecule has 1 N–H and O–H groups in total. The third-order valence-electron chi connectivity index (χ3n) is 5.02. The van der Waals surface area contributed by atoms with Gasteiger partial charge in [-0.05, 0) is 26.2 Å². The van der Waals surface area contributed by atoms with Crippen molar-refractivity contribution in [1.29, 1.82) is 0 Å². The maximum absolute atomic E-state index is 12.7. The van der Waals surface area contributed by atoms with Crippen LogP contribution in [0.2, 0.25) is 0 Å². The molecule has 0 radical (unpaired) electrons. The fourth-order valence-corrected chi connectivity index (χ4v) is 3.67. The number of aromatic nitrogens is 2. The number of aryl methyl sites for hydroxylation is 1. The van der Waals surface area contributed by atoms with Crippen molar-refractivity contribution in [3.8, 4) is 0 Å². The smallest absolute Gasteiger partial charge is 0.317 e. The summed E-state index contributed by atoms with van der Waals surface area (Å²) in [6, 6.07) is -0.169. The lowest BCUT2D eigenvalue weighted by Crippen LogP contribution is -2.46. The van der Waals surface area contributed by atoms with Crippen molar-refractivity contribution in [2.24, 2.45) is 0 Å². The monoisotopic (exact) mass is 349 g/mol. The van der Waals surface area contributed by atoms with E-state index in [-0.39, 0.29) is 24.0 Å². The second-order valence-electron chi connectivity index (χ2n) is 6.87. The summed E-state index contributed by atoms with van der Waals surface area (Å²) in [6.45, 7) is 5.18. The number of nitrogens with zero attached hydrogens (tertiary/aromatic N) is 4. The fourth-order valence-electron chi connectivity index (χ4n) is 3.67. The van der Waals surface area contributed by atoms with Crippen LogP contribution in [-0.2, 0) is 4.79 Å². The molecule has 0 bridgehead atoms. The normalized spacial score (nSPS) is 22.1. The minimum Gasteiger partial charge on any atom is -0.337 e. The van der Waals surface area contributed by atoms with E-state index in [2.05, 4.69) is 15.5 Å². The summed E-state index contributed by atoms with van der Waals surface area (Å²) in [6.07, 6.45) is 5.60. The Labute approximate surface area is 147 Å². The highest BCUT2D eigenvalue weighted by Gasteiger charge is 2.34. The SMILES string of the molecule is CCC(=O)N1CCCN(C(=O)NC2CCCC2)CC1c1nc(C)no1. The Balaban J connectivity index is 1.76. The van der Waals surface area contributed by atoms with Gasteiger partial charge in [0.2, 0.25) is 5.91 Å². The van der Waals surface area contributed by atoms with Gasteiger partial charge in [-0.3, -0.25) is 4.79 Å². The number of hydrogen-bond acceptors (Lipinski definition) is 5. The molecule has 1 aromatic rings. The molecule has 3 rings (SSSR count). The molecule has 8 nitrogen and oxygen atoms in total. The van der Waals surface area contributed by atoms with E-state index in [9.17, 15) is 9.59 Å². The Morgan fingerprint density at radius 3 is 2.64 bits per heavy atom. The zero-order chi connectivity index (χ0) is 17.8. The van der Waals surface area contributed by atoms with Crippen molar-refractivity contribution < 1.29 is 14.1 Å². The fraction of sp³-hybridized carbons (Fsp3) is 0.765. The van der Waals surface area contributed by atoms with Gasteiger partial charge in [0.15, 0.2) is 5.82 Å². The first-order valence-corrected chi connectivity index (χ1v) is 9.23. The zero-order valence-corrected chi connectivity index (χ0v) is 15.0. The van der Waals surface area contributed by atoms with Crippen LogP contribution in [0.15, 0.2) is 4.52 Å². The Morgan fingerprint density at radius 2 is 2.00 bits per heavy atom. The van der Waals surface area contributed by atoms with E-state index in [0.717, 1.165) is 19.3 Å². The largest absolute Gasteiger partial charge is 0.337 e. The zero-order valence-electron chi connectivity index (χ0n) is 15.0. The Kier molecular flexibility index (Phi) is 5.55. The lowest BCUT2D eigenvalue weighted by molar-refractivity contribution is -0.133. The van der Waals surface area contributed by atoms with Crippen molar-refractivity contribution in [2.45, 2.75) is 64.5 Å². The van der Waals surface area contributed by atoms with Crippen LogP contribution < -0.4 is 5.32 Å². The van der Waals surface area contributed by atoms with Crippen molar-refractivity contribution >= 4 is 11.9 Å². The van der Waals surface area contributed by atoms with Gasteiger partial charge in [-0.25, -0.2) is 4.79 Å². The molecule has 1 atom stereocenters. The summed E-state index contributed by atoms with van der Waals surface area (Å²) in [4.78, 5) is 32.9. The standard InChI is InChI=1S/C17H27N5O3/c1-3-15(23)22-10-6-9-21(17(24)19-13-7-4-5-8-13)11-14(22)16-18-12(2)20-25-16/h13-14H,3-11H2,1-2H3,(H,19,24). The molecule has 0 spiro atoms. The number of carbonyl (C=O) groups excluding carboxylic acids is 2. The summed E-state index contributed by atoms with van der Waals surface area (Å²) >= 11 is 0. The molecule has 1 unspecified atom stereocenters. The molecule has 2 fully saturated rings. The van der Waals surface area contributed by atoms with Gasteiger partial charge in [0.05, 0.1) is 6.54 Å². The third kappa shape index (κ3) is 4.11. The maximum atomic E-state index is 12.7. The van der Waals surface area contributed by atoms with E-state index in [1.165, 1.54) is 12.8 Å². The average molecular weight is 349 g/mol. The van der Waals surface area contributed by atoms with Gasteiger partial charge in [0.25, 0.3) is 5.89 Å². The summed E-state index contributed by atoms with van der Waals surface area (Å²) in [5, 5.41) is 6.98. The van der Waals surface area contributed by atoms with Crippen molar-refractivity contribution in [3.05, 3.63) is 11.7 Å². The van der Waals surface area contributed by atoms with Gasteiger partial charge in [-0.15, -0.1) is 0 Å². The Hall–Kier alpha value is -2.12. The number of amides is 3. The molecule has 3 amide bonds. The number of urea groups is 1. The Bertz CT molecular complexity index is 611. The summed E-state index contributed by atoms with van der Waals surface area (Å²) in [7, 11) is 0. The van der Waals surface area contributed by atoms with Gasteiger partial charge in [-0.1, -0.05) is 24.9 Å². The quantitative estimate of drug-likeness (QED) is 0.901. The molecule has 1 saturated heterocycles. The van der Waals surface area contributed by atoms with E-state index in [4.69, 9.17) is 4.52 Å². The highest BCUT2D eigenvalue weighted by molar-refractivity contribution is 5.77. The van der Waals surface area contributed by atoms with E-state index < -0.39 is 0 Å². The van der Waals surface area contributed by atoms with E-state index >= 15 is 0 Å². The molecule has 2 heterocycles. The van der Waals surface area contributed by atoms with Gasteiger partial charge in [-0.2, -0.15) is 4.98 Å². The molecule has 1 aliphatic carbocycles. The third-order valence-corrected chi connectivity index (χ3v) is 5.02. The molecule has 1 aliphatic heterocycles. The number of hydrogen-bond donors (Lipinski definition) is 1. The van der Waals surface area contributed by atoms with Crippen LogP contribution in [0.1, 0.15) is 63.2 Å². The molecule has 8 heteroatoms. The van der Waals surface area contributed by atoms with Crippen LogP contribution in [0.3, 0.4) is 0 Å². The van der Waals surface area contributed by atoms with Crippen LogP contribution in [0.25, 0.3) is 0 Å². The lowest BCUT2D eigenvalue weighted by Gasteiger charge is -2.29. The summed E-state index contributed by atoms with van der Waals surface area (Å²) in [5.74, 6) is 0.976. The van der Waals surface area contributed by atoms with Crippen LogP contribution in [0, 0.1) is 6.92 Å². The highest BCUT2D eigenvalue weighted by atomic mass is 16.5. The van der Waals surface area contributed by atoms with Crippen LogP contribution in [-0.4, -0.2) is 57.6 Å². The Morgan fingerprint density at radius 1 is 1.24 bits per heavy atom. The van der Waals surface area contributed by atoms with Crippen LogP contribution in [0.5, 0.6) is 0 Å². The van der Waals surface area contributed by atoms with Crippen molar-refractivity contribution in [1.82, 2.24) is 25.3 Å². The molecule has 25 heavy (non-hydrogen) atoms. The minimum absolute atomic E-state index is 0.0407. The van der Waals surface area contributed by atoms with Gasteiger partial charge in [0.1, 0.15) is 6.04 Å². The predicted molar refractivity (Wildman–Crippen MR) is 90.8 cm³/mol. The summed E-state index contributed by atoms with van der Waals surface area (Å²) in [5.41, 5.74) is 0. The van der Waals surface area contributed by atoms with Crippen molar-refractivity contribution in [2.75, 3.05) is 19.6 Å². The maximum Gasteiger partial charge on any atom is 0.317 e. The number of nitrogens with one attached hydrogen (secondary N) is 1. The molecular formula is C17H27N5O3. The van der Waals surface area contributed by atoms with Crippen LogP contribution in [0.4, 0.5) is 4.79 Å². The first-order valence-electron chi connectivity index (χ1n) is 9.23. The second-order valence-corrected chi connectivity index (χ2v) is 6.87. The highest BCUT2D eigenvalue weighted by Crippen LogP contribution is 2.25. The number of carbonyl (C=O) groups is 2. The van der Waals surface area contributed by atoms with Crippen LogP contribution >= 0.6 is 0 Å². The summed E-state index contributed by atoms with van der Waals surface area (Å²) < 4.78 is 5.33. The van der Waals surface area contributed by atoms with Gasteiger partial charge >= 0.3 is 6.03 Å². The van der Waals surface area contributed by atoms with E-state index in [1.54, 1.807) is 16.7 Å². The van der Waals surface area contributed by atoms with Gasteiger partial charge in [0, 0.05) is 25.6 Å². The molecule has 2 aliphatic rings. The molecule has 1 aromatic heterocycles. The predicted octanol–water partition coefficient (Wildman–Crippen LogP) is 2.02. The van der Waals surface area contributed by atoms with Gasteiger partial charge < -0.3 is 19.6 Å². The van der Waals surface area contributed by atoms with E-state index in [1.807, 2.05) is 6.92 Å². The molecular weight excluding hydrogens is 322 g/mol.